The highest BCUT2D eigenvalue weighted by molar-refractivity contribution is 5.88. The molecular weight excluding hydrogens is 344 g/mol. The maximum Gasteiger partial charge on any atom is 0.261 e. The monoisotopic (exact) mass is 370 g/mol. The van der Waals surface area contributed by atoms with Crippen LogP contribution in [0.3, 0.4) is 0 Å². The molecule has 144 valence electrons. The average molecular weight is 370 g/mol. The molecule has 6 nitrogen and oxygen atoms in total. The molecule has 6 heteroatoms. The van der Waals surface area contributed by atoms with E-state index in [1.807, 2.05) is 49.4 Å². The highest BCUT2D eigenvalue weighted by Crippen LogP contribution is 2.17. The number of para-hydroxylation sites is 1. The average Bonchev–Trinajstić information content (AvgIpc) is 2.72. The van der Waals surface area contributed by atoms with E-state index in [4.69, 9.17) is 9.47 Å². The largest absolute Gasteiger partial charge is 0.497 e. The number of rotatable bonds is 9. The Kier molecular flexibility index (Phi) is 7.67. The molecule has 0 unspecified atom stereocenters. The molecule has 2 amide bonds. The lowest BCUT2D eigenvalue weighted by molar-refractivity contribution is -0.142. The predicted octanol–water partition coefficient (Wildman–Crippen LogP) is 2.63. The van der Waals surface area contributed by atoms with Gasteiger partial charge in [0.25, 0.3) is 5.91 Å². The Balaban J connectivity index is 2.16. The molecule has 1 atom stereocenters. The first kappa shape index (κ1) is 20.3. The first-order valence-electron chi connectivity index (χ1n) is 8.90. The molecule has 1 N–H and O–H groups in total. The summed E-state index contributed by atoms with van der Waals surface area (Å²) in [6, 6.07) is 16.0. The van der Waals surface area contributed by atoms with E-state index in [0.29, 0.717) is 18.7 Å². The van der Waals surface area contributed by atoms with Gasteiger partial charge in [0.2, 0.25) is 5.91 Å². The van der Waals surface area contributed by atoms with Gasteiger partial charge in [0.1, 0.15) is 17.5 Å². The number of ether oxygens (including phenoxy) is 2. The zero-order chi connectivity index (χ0) is 19.6. The third-order valence-electron chi connectivity index (χ3n) is 4.25. The van der Waals surface area contributed by atoms with Crippen LogP contribution in [0.25, 0.3) is 0 Å². The van der Waals surface area contributed by atoms with Gasteiger partial charge in [-0.2, -0.15) is 0 Å². The number of hydrogen-bond acceptors (Lipinski definition) is 4. The van der Waals surface area contributed by atoms with Crippen LogP contribution in [0.2, 0.25) is 0 Å². The van der Waals surface area contributed by atoms with Crippen LogP contribution < -0.4 is 14.8 Å². The van der Waals surface area contributed by atoms with E-state index in [2.05, 4.69) is 5.32 Å². The number of nitrogens with zero attached hydrogens (tertiary/aromatic N) is 1. The molecule has 0 radical (unpaired) electrons. The summed E-state index contributed by atoms with van der Waals surface area (Å²) < 4.78 is 10.8. The van der Waals surface area contributed by atoms with Crippen molar-refractivity contribution in [3.8, 4) is 11.5 Å². The third kappa shape index (κ3) is 5.74. The minimum Gasteiger partial charge on any atom is -0.497 e. The predicted molar refractivity (Wildman–Crippen MR) is 104 cm³/mol. The van der Waals surface area contributed by atoms with Crippen molar-refractivity contribution in [2.45, 2.75) is 25.9 Å². The van der Waals surface area contributed by atoms with Gasteiger partial charge in [-0.05, 0) is 36.2 Å². The molecule has 2 aromatic carbocycles. The molecule has 0 bridgehead atoms. The van der Waals surface area contributed by atoms with Gasteiger partial charge in [-0.3, -0.25) is 9.59 Å². The van der Waals surface area contributed by atoms with Crippen molar-refractivity contribution in [2.24, 2.45) is 0 Å². The van der Waals surface area contributed by atoms with Gasteiger partial charge < -0.3 is 19.7 Å². The van der Waals surface area contributed by atoms with E-state index in [0.717, 1.165) is 11.3 Å². The summed E-state index contributed by atoms with van der Waals surface area (Å²) in [4.78, 5) is 26.7. The van der Waals surface area contributed by atoms with Crippen LogP contribution in [0.15, 0.2) is 54.6 Å². The summed E-state index contributed by atoms with van der Waals surface area (Å²) in [7, 11) is 3.17. The maximum absolute atomic E-state index is 12.9. The SMILES string of the molecule is CC[C@@H](C(=O)NC)N(Cc1ccc(OC)cc1)C(=O)COc1ccccc1. The number of carbonyl (C=O) groups excluding carboxylic acids is 2. The molecule has 0 aliphatic rings. The fraction of sp³-hybridized carbons (Fsp3) is 0.333. The number of nitrogens with one attached hydrogen (secondary N) is 1. The lowest BCUT2D eigenvalue weighted by atomic mass is 10.1. The molecule has 0 saturated carbocycles. The maximum atomic E-state index is 12.9. The second-order valence-electron chi connectivity index (χ2n) is 6.01. The summed E-state index contributed by atoms with van der Waals surface area (Å²) in [5.74, 6) is 0.912. The van der Waals surface area contributed by atoms with Crippen LogP contribution in [0.5, 0.6) is 11.5 Å². The zero-order valence-electron chi connectivity index (χ0n) is 16.0. The molecular formula is C21H26N2O4. The van der Waals surface area contributed by atoms with Gasteiger partial charge in [0, 0.05) is 13.6 Å². The van der Waals surface area contributed by atoms with E-state index in [9.17, 15) is 9.59 Å². The molecule has 0 saturated heterocycles. The number of hydrogen-bond donors (Lipinski definition) is 1. The fourth-order valence-electron chi connectivity index (χ4n) is 2.76. The Morgan fingerprint density at radius 2 is 1.70 bits per heavy atom. The molecule has 0 aliphatic carbocycles. The summed E-state index contributed by atoms with van der Waals surface area (Å²) in [5, 5.41) is 2.64. The minimum absolute atomic E-state index is 0.131. The Labute approximate surface area is 160 Å². The van der Waals surface area contributed by atoms with Crippen LogP contribution in [0, 0.1) is 0 Å². The smallest absolute Gasteiger partial charge is 0.261 e. The molecule has 0 aliphatic heterocycles. The van der Waals surface area contributed by atoms with Crippen LogP contribution in [0.1, 0.15) is 18.9 Å². The summed E-state index contributed by atoms with van der Waals surface area (Å²) >= 11 is 0. The van der Waals surface area contributed by atoms with Crippen LogP contribution in [-0.2, 0) is 16.1 Å². The Hall–Kier alpha value is -3.02. The summed E-state index contributed by atoms with van der Waals surface area (Å²) in [5.41, 5.74) is 0.909. The molecule has 2 rings (SSSR count). The second-order valence-corrected chi connectivity index (χ2v) is 6.01. The van der Waals surface area contributed by atoms with Gasteiger partial charge in [0.15, 0.2) is 6.61 Å². The molecule has 27 heavy (non-hydrogen) atoms. The van der Waals surface area contributed by atoms with Gasteiger partial charge in [-0.1, -0.05) is 37.3 Å². The lowest BCUT2D eigenvalue weighted by Gasteiger charge is -2.30. The number of benzene rings is 2. The molecule has 2 aromatic rings. The van der Waals surface area contributed by atoms with E-state index in [1.54, 1.807) is 31.2 Å². The minimum atomic E-state index is -0.566. The Morgan fingerprint density at radius 3 is 2.26 bits per heavy atom. The molecule has 0 spiro atoms. The lowest BCUT2D eigenvalue weighted by Crippen LogP contribution is -2.49. The van der Waals surface area contributed by atoms with Gasteiger partial charge in [0.05, 0.1) is 7.11 Å². The summed E-state index contributed by atoms with van der Waals surface area (Å²) in [6.07, 6.45) is 0.507. The van der Waals surface area contributed by atoms with Crippen molar-refractivity contribution >= 4 is 11.8 Å². The first-order chi connectivity index (χ1) is 13.1. The first-order valence-corrected chi connectivity index (χ1v) is 8.90. The number of carbonyl (C=O) groups is 2. The number of methoxy groups -OCH3 is 1. The second kappa shape index (κ2) is 10.2. The van der Waals surface area contributed by atoms with Gasteiger partial charge in [-0.15, -0.1) is 0 Å². The van der Waals surface area contributed by atoms with E-state index >= 15 is 0 Å². The summed E-state index contributed by atoms with van der Waals surface area (Å²) in [6.45, 7) is 2.06. The normalized spacial score (nSPS) is 11.4. The highest BCUT2D eigenvalue weighted by Gasteiger charge is 2.28. The quantitative estimate of drug-likeness (QED) is 0.737. The topological polar surface area (TPSA) is 67.9 Å². The van der Waals surface area contributed by atoms with Crippen molar-refractivity contribution in [3.63, 3.8) is 0 Å². The van der Waals surface area contributed by atoms with Crippen LogP contribution >= 0.6 is 0 Å². The Bertz CT molecular complexity index is 732. The molecule has 0 heterocycles. The highest BCUT2D eigenvalue weighted by atomic mass is 16.5. The molecule has 0 fully saturated rings. The standard InChI is InChI=1S/C21H26N2O4/c1-4-19(21(25)22-2)23(14-16-10-12-17(26-3)13-11-16)20(24)15-27-18-8-6-5-7-9-18/h5-13,19H,4,14-15H2,1-3H3,(H,22,25)/t19-/m0/s1. The van der Waals surface area contributed by atoms with E-state index in [-0.39, 0.29) is 18.4 Å². The molecule has 0 aromatic heterocycles. The van der Waals surface area contributed by atoms with Gasteiger partial charge in [-0.25, -0.2) is 0 Å². The third-order valence-corrected chi connectivity index (χ3v) is 4.25. The van der Waals surface area contributed by atoms with Crippen LogP contribution in [0.4, 0.5) is 0 Å². The van der Waals surface area contributed by atoms with E-state index in [1.165, 1.54) is 0 Å². The van der Waals surface area contributed by atoms with Crippen molar-refractivity contribution in [1.29, 1.82) is 0 Å². The van der Waals surface area contributed by atoms with Crippen molar-refractivity contribution in [3.05, 3.63) is 60.2 Å². The van der Waals surface area contributed by atoms with E-state index < -0.39 is 6.04 Å². The van der Waals surface area contributed by atoms with Gasteiger partial charge >= 0.3 is 0 Å². The number of amides is 2. The van der Waals surface area contributed by atoms with Crippen molar-refractivity contribution in [2.75, 3.05) is 20.8 Å². The fourth-order valence-corrected chi connectivity index (χ4v) is 2.76. The Morgan fingerprint density at radius 1 is 1.04 bits per heavy atom. The van der Waals surface area contributed by atoms with Crippen molar-refractivity contribution < 1.29 is 19.1 Å². The van der Waals surface area contributed by atoms with Crippen molar-refractivity contribution in [1.82, 2.24) is 10.2 Å². The van der Waals surface area contributed by atoms with Crippen LogP contribution in [-0.4, -0.2) is 43.5 Å². The zero-order valence-corrected chi connectivity index (χ0v) is 16.0. The number of likely N-dealkylation sites (N-methyl/N-ethyl adjacent to an activating group) is 1.